The summed E-state index contributed by atoms with van der Waals surface area (Å²) < 4.78 is 0. The molecule has 0 bridgehead atoms. The molecule has 0 saturated heterocycles. The van der Waals surface area contributed by atoms with E-state index in [1.54, 1.807) is 0 Å². The Kier molecular flexibility index (Phi) is 425. The predicted octanol–water partition coefficient (Wildman–Crippen LogP) is -3.86. The topological polar surface area (TPSA) is 0 Å². The third-order valence-corrected chi connectivity index (χ3v) is 0. The van der Waals surface area contributed by atoms with Gasteiger partial charge in [-0.25, -0.2) is 0 Å². The minimum absolute atomic E-state index is 0. The Labute approximate surface area is 144 Å². The van der Waals surface area contributed by atoms with E-state index in [4.69, 9.17) is 0 Å². The summed E-state index contributed by atoms with van der Waals surface area (Å²) in [4.78, 5) is 0. The maximum absolute atomic E-state index is 0. The number of rotatable bonds is 0. The largest absolute Gasteiger partial charge is 0.316 e. The number of hydrogen-bond donors (Lipinski definition) is 0. The van der Waals surface area contributed by atoms with Crippen molar-refractivity contribution in [2.45, 2.75) is 0 Å². The zero-order valence-electron chi connectivity index (χ0n) is 1.50. The summed E-state index contributed by atoms with van der Waals surface area (Å²) in [5.41, 5.74) is 0. The molecule has 0 N–H and O–H groups in total. The van der Waals surface area contributed by atoms with E-state index in [9.17, 15) is 0 Å². The predicted molar refractivity (Wildman–Crippen MR) is 68.1 cm³/mol. The van der Waals surface area contributed by atoms with Crippen LogP contribution >= 0.6 is 40.5 Å². The molecule has 7 heteroatoms. The van der Waals surface area contributed by atoms with Crippen LogP contribution in [-0.2, 0) is 0 Å². The monoisotopic (exact) mass is 328 g/mol. The Morgan fingerprint density at radius 2 is 0.571 bits per heavy atom. The van der Waals surface area contributed by atoms with Crippen LogP contribution in [0.25, 0.3) is 0 Å². The van der Waals surface area contributed by atoms with Gasteiger partial charge in [-0.05, 0) is 0 Å². The summed E-state index contributed by atoms with van der Waals surface area (Å²) in [6, 6.07) is 0. The molecule has 0 radical (unpaired) electrons. The summed E-state index contributed by atoms with van der Waals surface area (Å²) in [7, 11) is 0. The fourth-order valence-electron chi connectivity index (χ4n) is 0. The van der Waals surface area contributed by atoms with Crippen molar-refractivity contribution in [1.29, 1.82) is 0 Å². The molecule has 0 amide bonds. The fourth-order valence-corrected chi connectivity index (χ4v) is 0. The van der Waals surface area contributed by atoms with Crippen LogP contribution in [0.1, 0.15) is 0 Å². The average molecular weight is 328 g/mol. The van der Waals surface area contributed by atoms with Crippen LogP contribution in [-0.4, -0.2) is 107 Å². The van der Waals surface area contributed by atoms with Crippen LogP contribution in [0.2, 0.25) is 0 Å². The second kappa shape index (κ2) is 47.1. The van der Waals surface area contributed by atoms with Crippen molar-refractivity contribution in [2.75, 3.05) is 0 Å². The van der Waals surface area contributed by atoms with Crippen LogP contribution in [0.15, 0.2) is 0 Å². The normalized spacial score (nSPS) is 0. The third-order valence-electron chi connectivity index (χ3n) is 0. The van der Waals surface area contributed by atoms with Gasteiger partial charge in [-0.15, -0.1) is 0 Å². The second-order valence-electron chi connectivity index (χ2n) is 0. The number of hydrogen-bond acceptors (Lipinski definition) is 0. The standard InChI is InChI=1S/2Al.Ba.Mg.3H2S.10H/h;;;;3*1H2;;;;;;;;;;. The first-order valence-corrected chi connectivity index (χ1v) is 0. The van der Waals surface area contributed by atoms with E-state index in [1.165, 1.54) is 0 Å². The average Bonchev–Trinajstić information content (AvgIpc) is 0. The molecule has 0 atom stereocenters. The minimum Gasteiger partial charge on any atom is 0.316 e. The summed E-state index contributed by atoms with van der Waals surface area (Å²) in [6.45, 7) is 0. The Morgan fingerprint density at radius 3 is 0.571 bits per heavy atom. The van der Waals surface area contributed by atoms with Crippen LogP contribution in [0.5, 0.6) is 0 Å². The van der Waals surface area contributed by atoms with Crippen LogP contribution in [0.3, 0.4) is 0 Å². The summed E-state index contributed by atoms with van der Waals surface area (Å²) in [5.74, 6) is 0. The molecule has 0 rings (SSSR count). The maximum atomic E-state index is 0. The molecule has 0 nitrogen and oxygen atoms in total. The van der Waals surface area contributed by atoms with Crippen molar-refractivity contribution in [3.05, 3.63) is 0 Å². The molecule has 0 saturated carbocycles. The summed E-state index contributed by atoms with van der Waals surface area (Å²) in [6.07, 6.45) is 0. The first-order chi connectivity index (χ1) is 0. The molecule has 0 aromatic heterocycles. The fraction of sp³-hybridized carbons (Fsp3) is 0. The van der Waals surface area contributed by atoms with Gasteiger partial charge in [0.1, 0.15) is 0 Å². The molecule has 0 unspecified atom stereocenters. The van der Waals surface area contributed by atoms with Gasteiger partial charge in [0.2, 0.25) is 0 Å². The van der Waals surface area contributed by atoms with Gasteiger partial charge in [0.15, 0.2) is 34.7 Å². The van der Waals surface area contributed by atoms with E-state index < -0.39 is 0 Å². The Bertz CT molecular complexity index is 12.9. The Morgan fingerprint density at radius 1 is 0.571 bits per heavy atom. The Balaban J connectivity index is 0. The molecule has 0 aromatic rings. The molecule has 0 aliphatic rings. The molecule has 0 heterocycles. The quantitative estimate of drug-likeness (QED) is 0.400. The molecule has 0 fully saturated rings. The van der Waals surface area contributed by atoms with Gasteiger partial charge >= 0.3 is 71.9 Å². The molecule has 0 aromatic carbocycles. The van der Waals surface area contributed by atoms with Gasteiger partial charge in [-0.2, -0.15) is 40.5 Å². The zero-order valence-corrected chi connectivity index (χ0v) is 4.50. The van der Waals surface area contributed by atoms with E-state index in [-0.39, 0.29) is 147 Å². The van der Waals surface area contributed by atoms with Gasteiger partial charge in [0, 0.05) is 0 Å². The van der Waals surface area contributed by atoms with Gasteiger partial charge in [-0.3, -0.25) is 0 Å². The van der Waals surface area contributed by atoms with Gasteiger partial charge in [0.05, 0.1) is 0 Å². The van der Waals surface area contributed by atoms with Gasteiger partial charge in [-0.1, -0.05) is 0 Å². The van der Waals surface area contributed by atoms with Crippen molar-refractivity contribution >= 4 is 147 Å². The van der Waals surface area contributed by atoms with Gasteiger partial charge < -0.3 is 0 Å². The minimum atomic E-state index is 0. The Hall–Kier alpha value is 4.45. The van der Waals surface area contributed by atoms with E-state index in [0.717, 1.165) is 0 Å². The molecule has 44 valence electrons. The maximum Gasteiger partial charge on any atom is 0.316 e. The van der Waals surface area contributed by atoms with Crippen molar-refractivity contribution in [3.8, 4) is 0 Å². The molecule has 7 heavy (non-hydrogen) atoms. The van der Waals surface area contributed by atoms with E-state index in [2.05, 4.69) is 0 Å². The molecule has 0 aliphatic heterocycles. The molecule has 0 aliphatic carbocycles. The van der Waals surface area contributed by atoms with Crippen molar-refractivity contribution < 1.29 is 0 Å². The van der Waals surface area contributed by atoms with Crippen LogP contribution < -0.4 is 0 Å². The van der Waals surface area contributed by atoms with E-state index in [0.29, 0.717) is 0 Å². The van der Waals surface area contributed by atoms with Gasteiger partial charge in [0.25, 0.3) is 0 Å². The second-order valence-corrected chi connectivity index (χ2v) is 0. The molecule has 0 spiro atoms. The molecular weight excluding hydrogens is 312 g/mol. The van der Waals surface area contributed by atoms with Crippen LogP contribution in [0.4, 0.5) is 0 Å². The SMILES string of the molecule is S.S.S.[AlH3].[AlH3].[BaH2].[MgH2]. The summed E-state index contributed by atoms with van der Waals surface area (Å²) >= 11 is 0. The van der Waals surface area contributed by atoms with Crippen molar-refractivity contribution in [1.82, 2.24) is 0 Å². The first-order valence-electron chi connectivity index (χ1n) is 0. The third kappa shape index (κ3) is 37.7. The molecular formula is H16Al2BaMgS3. The van der Waals surface area contributed by atoms with Crippen LogP contribution in [0, 0.1) is 0 Å². The van der Waals surface area contributed by atoms with E-state index >= 15 is 0 Å². The van der Waals surface area contributed by atoms with Crippen molar-refractivity contribution in [2.24, 2.45) is 0 Å². The van der Waals surface area contributed by atoms with Crippen molar-refractivity contribution in [3.63, 3.8) is 0 Å². The van der Waals surface area contributed by atoms with E-state index in [1.807, 2.05) is 0 Å². The first kappa shape index (κ1) is 63.1. The zero-order chi connectivity index (χ0) is 0. The summed E-state index contributed by atoms with van der Waals surface area (Å²) in [5, 5.41) is 0. The smallest absolute Gasteiger partial charge is 0.316 e.